The minimum absolute atomic E-state index is 0.268. The summed E-state index contributed by atoms with van der Waals surface area (Å²) in [6, 6.07) is 6.26. The summed E-state index contributed by atoms with van der Waals surface area (Å²) in [7, 11) is 1.64. The highest BCUT2D eigenvalue weighted by Crippen LogP contribution is 2.29. The number of halogens is 2. The minimum Gasteiger partial charge on any atom is -0.391 e. The molecule has 84 valence electrons. The van der Waals surface area contributed by atoms with Gasteiger partial charge in [0.2, 0.25) is 0 Å². The number of rotatable bonds is 2. The van der Waals surface area contributed by atoms with Crippen LogP contribution in [-0.2, 0) is 13.7 Å². The maximum Gasteiger partial charge on any atom is 0.132 e. The van der Waals surface area contributed by atoms with E-state index < -0.39 is 0 Å². The molecule has 1 heterocycles. The van der Waals surface area contributed by atoms with Crippen molar-refractivity contribution in [3.05, 3.63) is 40.8 Å². The zero-order valence-electron chi connectivity index (χ0n) is 8.61. The fraction of sp³-hybridized carbons (Fsp3) is 0.182. The summed E-state index contributed by atoms with van der Waals surface area (Å²) in [6.07, 6.45) is 0. The van der Waals surface area contributed by atoms with Crippen LogP contribution in [0.5, 0.6) is 0 Å². The van der Waals surface area contributed by atoms with Crippen molar-refractivity contribution in [2.24, 2.45) is 7.05 Å². The molecule has 0 fully saturated rings. The van der Waals surface area contributed by atoms with Gasteiger partial charge >= 0.3 is 0 Å². The molecule has 5 heteroatoms. The van der Waals surface area contributed by atoms with Crippen molar-refractivity contribution in [3.63, 3.8) is 0 Å². The van der Waals surface area contributed by atoms with Crippen LogP contribution < -0.4 is 0 Å². The molecule has 0 atom stereocenters. The van der Waals surface area contributed by atoms with Gasteiger partial charge in [-0.05, 0) is 12.1 Å². The summed E-state index contributed by atoms with van der Waals surface area (Å²) in [6.45, 7) is -0.268. The fourth-order valence-electron chi connectivity index (χ4n) is 1.56. The zero-order chi connectivity index (χ0) is 11.7. The van der Waals surface area contributed by atoms with Gasteiger partial charge in [0.25, 0.3) is 0 Å². The molecule has 2 aromatic rings. The lowest BCUT2D eigenvalue weighted by Crippen LogP contribution is -1.91. The Kier molecular flexibility index (Phi) is 2.94. The summed E-state index contributed by atoms with van der Waals surface area (Å²) in [4.78, 5) is 0. The van der Waals surface area contributed by atoms with E-state index in [2.05, 4.69) is 5.10 Å². The van der Waals surface area contributed by atoms with Gasteiger partial charge in [0.05, 0.1) is 6.61 Å². The van der Waals surface area contributed by atoms with E-state index in [0.29, 0.717) is 22.0 Å². The van der Waals surface area contributed by atoms with E-state index >= 15 is 0 Å². The van der Waals surface area contributed by atoms with Crippen LogP contribution in [0.2, 0.25) is 5.15 Å². The molecular formula is C11H10ClFN2O. The number of hydrogen-bond acceptors (Lipinski definition) is 2. The highest BCUT2D eigenvalue weighted by atomic mass is 35.5. The smallest absolute Gasteiger partial charge is 0.132 e. The molecule has 2 rings (SSSR count). The Morgan fingerprint density at radius 2 is 2.12 bits per heavy atom. The molecule has 0 bridgehead atoms. The molecule has 1 N–H and O–H groups in total. The lowest BCUT2D eigenvalue weighted by Gasteiger charge is -2.01. The van der Waals surface area contributed by atoms with Gasteiger partial charge in [-0.25, -0.2) is 4.39 Å². The summed E-state index contributed by atoms with van der Waals surface area (Å²) >= 11 is 5.93. The van der Waals surface area contributed by atoms with E-state index in [1.807, 2.05) is 0 Å². The van der Waals surface area contributed by atoms with Crippen molar-refractivity contribution in [2.75, 3.05) is 0 Å². The fourth-order valence-corrected chi connectivity index (χ4v) is 1.74. The number of aryl methyl sites for hydroxylation is 1. The Hall–Kier alpha value is -1.39. The Balaban J connectivity index is 2.65. The largest absolute Gasteiger partial charge is 0.391 e. The standard InChI is InChI=1S/C11H10ClFN2O/c1-15-11(12)8(6-16)10(14-15)7-4-2-3-5-9(7)13/h2-5,16H,6H2,1H3. The number of aliphatic hydroxyl groups excluding tert-OH is 1. The van der Waals surface area contributed by atoms with E-state index in [0.717, 1.165) is 0 Å². The Morgan fingerprint density at radius 3 is 2.75 bits per heavy atom. The van der Waals surface area contributed by atoms with Crippen molar-refractivity contribution >= 4 is 11.6 Å². The van der Waals surface area contributed by atoms with E-state index in [1.54, 1.807) is 25.2 Å². The summed E-state index contributed by atoms with van der Waals surface area (Å²) in [5.41, 5.74) is 1.16. The van der Waals surface area contributed by atoms with E-state index in [-0.39, 0.29) is 12.4 Å². The van der Waals surface area contributed by atoms with Gasteiger partial charge in [-0.1, -0.05) is 23.7 Å². The second-order valence-corrected chi connectivity index (χ2v) is 3.74. The molecule has 0 aliphatic carbocycles. The molecule has 3 nitrogen and oxygen atoms in total. The van der Waals surface area contributed by atoms with Gasteiger partial charge in [-0.15, -0.1) is 0 Å². The molecule has 0 radical (unpaired) electrons. The number of aromatic nitrogens is 2. The quantitative estimate of drug-likeness (QED) is 0.875. The monoisotopic (exact) mass is 240 g/mol. The predicted octanol–water partition coefficient (Wildman–Crippen LogP) is 2.37. The Labute approximate surface area is 97.1 Å². The van der Waals surface area contributed by atoms with Gasteiger partial charge < -0.3 is 5.11 Å². The maximum absolute atomic E-state index is 13.6. The van der Waals surface area contributed by atoms with Gasteiger partial charge in [0.1, 0.15) is 16.7 Å². The molecule has 0 amide bonds. The van der Waals surface area contributed by atoms with Crippen LogP contribution in [0.3, 0.4) is 0 Å². The molecule has 0 unspecified atom stereocenters. The van der Waals surface area contributed by atoms with Crippen LogP contribution in [0.15, 0.2) is 24.3 Å². The molecule has 0 spiro atoms. The lowest BCUT2D eigenvalue weighted by molar-refractivity contribution is 0.282. The second kappa shape index (κ2) is 4.23. The predicted molar refractivity (Wildman–Crippen MR) is 59.5 cm³/mol. The first-order valence-corrected chi connectivity index (χ1v) is 5.10. The summed E-state index contributed by atoms with van der Waals surface area (Å²) < 4.78 is 15.0. The SMILES string of the molecule is Cn1nc(-c2ccccc2F)c(CO)c1Cl. The second-order valence-electron chi connectivity index (χ2n) is 3.38. The highest BCUT2D eigenvalue weighted by Gasteiger charge is 2.17. The molecule has 16 heavy (non-hydrogen) atoms. The van der Waals surface area contributed by atoms with Gasteiger partial charge in [-0.2, -0.15) is 5.10 Å². The molecule has 0 saturated carbocycles. The summed E-state index contributed by atoms with van der Waals surface area (Å²) in [5.74, 6) is -0.382. The van der Waals surface area contributed by atoms with Crippen LogP contribution in [0, 0.1) is 5.82 Å². The maximum atomic E-state index is 13.6. The highest BCUT2D eigenvalue weighted by molar-refractivity contribution is 6.30. The number of aliphatic hydroxyl groups is 1. The van der Waals surface area contributed by atoms with Crippen molar-refractivity contribution in [1.29, 1.82) is 0 Å². The van der Waals surface area contributed by atoms with Gasteiger partial charge in [0.15, 0.2) is 0 Å². The first-order valence-electron chi connectivity index (χ1n) is 4.72. The molecule has 0 saturated heterocycles. The van der Waals surface area contributed by atoms with Crippen molar-refractivity contribution in [2.45, 2.75) is 6.61 Å². The van der Waals surface area contributed by atoms with E-state index in [1.165, 1.54) is 10.7 Å². The van der Waals surface area contributed by atoms with Crippen LogP contribution in [-0.4, -0.2) is 14.9 Å². The van der Waals surface area contributed by atoms with Crippen LogP contribution in [0.1, 0.15) is 5.56 Å². The van der Waals surface area contributed by atoms with Gasteiger partial charge in [-0.3, -0.25) is 4.68 Å². The van der Waals surface area contributed by atoms with Crippen molar-refractivity contribution in [1.82, 2.24) is 9.78 Å². The first-order chi connectivity index (χ1) is 7.65. The number of benzene rings is 1. The average Bonchev–Trinajstić information content (AvgIpc) is 2.56. The molecular weight excluding hydrogens is 231 g/mol. The van der Waals surface area contributed by atoms with Crippen LogP contribution in [0.4, 0.5) is 4.39 Å². The van der Waals surface area contributed by atoms with E-state index in [9.17, 15) is 9.50 Å². The van der Waals surface area contributed by atoms with E-state index in [4.69, 9.17) is 11.6 Å². The first kappa shape index (κ1) is 11.1. The third-order valence-corrected chi connectivity index (χ3v) is 2.83. The minimum atomic E-state index is -0.382. The lowest BCUT2D eigenvalue weighted by atomic mass is 10.1. The third kappa shape index (κ3) is 1.70. The molecule has 0 aliphatic rings. The molecule has 0 aliphatic heterocycles. The van der Waals surface area contributed by atoms with Crippen molar-refractivity contribution < 1.29 is 9.50 Å². The Morgan fingerprint density at radius 1 is 1.44 bits per heavy atom. The van der Waals surface area contributed by atoms with Crippen LogP contribution in [0.25, 0.3) is 11.3 Å². The average molecular weight is 241 g/mol. The number of nitrogens with zero attached hydrogens (tertiary/aromatic N) is 2. The normalized spacial score (nSPS) is 10.8. The third-order valence-electron chi connectivity index (χ3n) is 2.36. The molecule has 1 aromatic heterocycles. The van der Waals surface area contributed by atoms with Crippen molar-refractivity contribution in [3.8, 4) is 11.3 Å². The molecule has 1 aromatic carbocycles. The Bertz CT molecular complexity index is 525. The zero-order valence-corrected chi connectivity index (χ0v) is 9.37. The topological polar surface area (TPSA) is 38.0 Å². The van der Waals surface area contributed by atoms with Crippen LogP contribution >= 0.6 is 11.6 Å². The van der Waals surface area contributed by atoms with Gasteiger partial charge in [0, 0.05) is 18.2 Å². The number of hydrogen-bond donors (Lipinski definition) is 1. The summed E-state index contributed by atoms with van der Waals surface area (Å²) in [5, 5.41) is 13.6.